The topological polar surface area (TPSA) is 26.3 Å². The van der Waals surface area contributed by atoms with Gasteiger partial charge in [0, 0.05) is 0 Å². The molecule has 0 N–H and O–H groups in total. The van der Waals surface area contributed by atoms with E-state index in [-0.39, 0.29) is 0 Å². The minimum atomic E-state index is -1.00. The van der Waals surface area contributed by atoms with E-state index in [1.54, 1.807) is 0 Å². The van der Waals surface area contributed by atoms with Gasteiger partial charge in [-0.25, -0.2) is 0 Å². The van der Waals surface area contributed by atoms with Crippen LogP contribution in [0.1, 0.15) is 46.0 Å². The van der Waals surface area contributed by atoms with Crippen LogP contribution in [0.2, 0.25) is 0 Å². The SMILES string of the molecule is CCCCCC(CC)CO[PH2]=O. The Morgan fingerprint density at radius 2 is 2.08 bits per heavy atom. The zero-order chi connectivity index (χ0) is 9.23. The van der Waals surface area contributed by atoms with E-state index in [0.717, 1.165) is 6.42 Å². The molecule has 0 aromatic carbocycles. The number of hydrogen-bond donors (Lipinski definition) is 0. The number of unbranched alkanes of at least 4 members (excludes halogenated alkanes) is 2. The summed E-state index contributed by atoms with van der Waals surface area (Å²) in [6, 6.07) is 0. The molecule has 0 fully saturated rings. The fourth-order valence-electron chi connectivity index (χ4n) is 1.26. The van der Waals surface area contributed by atoms with E-state index in [4.69, 9.17) is 4.52 Å². The predicted octanol–water partition coefficient (Wildman–Crippen LogP) is 3.28. The van der Waals surface area contributed by atoms with Crippen molar-refractivity contribution >= 4 is 8.69 Å². The van der Waals surface area contributed by atoms with Crippen LogP contribution in [-0.2, 0) is 9.09 Å². The Bertz CT molecular complexity index is 107. The fourth-order valence-corrected chi connectivity index (χ4v) is 1.61. The molecule has 0 spiro atoms. The van der Waals surface area contributed by atoms with Crippen LogP contribution in [0, 0.1) is 5.92 Å². The lowest BCUT2D eigenvalue weighted by Gasteiger charge is -2.12. The van der Waals surface area contributed by atoms with E-state index in [1.165, 1.54) is 25.7 Å². The monoisotopic (exact) mass is 192 g/mol. The lowest BCUT2D eigenvalue weighted by Crippen LogP contribution is -2.04. The first kappa shape index (κ1) is 12.2. The van der Waals surface area contributed by atoms with Crippen molar-refractivity contribution in [1.82, 2.24) is 0 Å². The van der Waals surface area contributed by atoms with Crippen LogP contribution in [0.4, 0.5) is 0 Å². The van der Waals surface area contributed by atoms with Gasteiger partial charge in [-0.3, -0.25) is 4.57 Å². The third-order valence-electron chi connectivity index (χ3n) is 2.19. The molecule has 0 amide bonds. The van der Waals surface area contributed by atoms with E-state index in [9.17, 15) is 4.57 Å². The summed E-state index contributed by atoms with van der Waals surface area (Å²) in [4.78, 5) is 0. The van der Waals surface area contributed by atoms with Crippen LogP contribution in [0.15, 0.2) is 0 Å². The Morgan fingerprint density at radius 1 is 1.33 bits per heavy atom. The van der Waals surface area contributed by atoms with Crippen LogP contribution in [0.25, 0.3) is 0 Å². The highest BCUT2D eigenvalue weighted by molar-refractivity contribution is 7.17. The first-order chi connectivity index (χ1) is 5.85. The van der Waals surface area contributed by atoms with Gasteiger partial charge in [-0.1, -0.05) is 39.5 Å². The van der Waals surface area contributed by atoms with E-state index in [0.29, 0.717) is 12.5 Å². The molecule has 0 saturated carbocycles. The first-order valence-corrected chi connectivity index (χ1v) is 5.84. The van der Waals surface area contributed by atoms with Gasteiger partial charge in [-0.2, -0.15) is 0 Å². The maximum absolute atomic E-state index is 10.1. The summed E-state index contributed by atoms with van der Waals surface area (Å²) in [6.07, 6.45) is 6.23. The summed E-state index contributed by atoms with van der Waals surface area (Å²) < 4.78 is 15.1. The van der Waals surface area contributed by atoms with Gasteiger partial charge >= 0.3 is 0 Å². The Morgan fingerprint density at radius 3 is 2.58 bits per heavy atom. The molecule has 0 aliphatic heterocycles. The smallest absolute Gasteiger partial charge is 0.179 e. The van der Waals surface area contributed by atoms with Crippen molar-refractivity contribution in [3.05, 3.63) is 0 Å². The van der Waals surface area contributed by atoms with Crippen molar-refractivity contribution in [3.63, 3.8) is 0 Å². The molecule has 0 bridgehead atoms. The second-order valence-corrected chi connectivity index (χ2v) is 3.73. The van der Waals surface area contributed by atoms with Gasteiger partial charge in [0.15, 0.2) is 8.69 Å². The predicted molar refractivity (Wildman–Crippen MR) is 54.3 cm³/mol. The van der Waals surface area contributed by atoms with E-state index >= 15 is 0 Å². The Kier molecular flexibility index (Phi) is 9.43. The molecular formula is C9H21O2P. The quantitative estimate of drug-likeness (QED) is 0.435. The van der Waals surface area contributed by atoms with Gasteiger partial charge in [0.1, 0.15) is 0 Å². The van der Waals surface area contributed by atoms with Gasteiger partial charge in [0.05, 0.1) is 6.61 Å². The first-order valence-electron chi connectivity index (χ1n) is 4.90. The maximum atomic E-state index is 10.1. The summed E-state index contributed by atoms with van der Waals surface area (Å²) >= 11 is 0. The molecule has 3 heteroatoms. The second-order valence-electron chi connectivity index (χ2n) is 3.20. The summed E-state index contributed by atoms with van der Waals surface area (Å²) in [5, 5.41) is 0. The summed E-state index contributed by atoms with van der Waals surface area (Å²) in [6.45, 7) is 5.07. The number of rotatable bonds is 8. The molecule has 74 valence electrons. The maximum Gasteiger partial charge on any atom is 0.179 e. The van der Waals surface area contributed by atoms with E-state index < -0.39 is 8.69 Å². The van der Waals surface area contributed by atoms with Crippen LogP contribution < -0.4 is 0 Å². The molecule has 2 unspecified atom stereocenters. The fraction of sp³-hybridized carbons (Fsp3) is 1.00. The molecule has 0 heterocycles. The van der Waals surface area contributed by atoms with Crippen molar-refractivity contribution in [2.24, 2.45) is 5.92 Å². The number of hydrogen-bond acceptors (Lipinski definition) is 2. The highest BCUT2D eigenvalue weighted by Crippen LogP contribution is 2.15. The minimum Gasteiger partial charge on any atom is -0.332 e. The molecule has 2 nitrogen and oxygen atoms in total. The second kappa shape index (κ2) is 9.28. The Labute approximate surface area is 77.0 Å². The largest absolute Gasteiger partial charge is 0.332 e. The van der Waals surface area contributed by atoms with Crippen molar-refractivity contribution in [3.8, 4) is 0 Å². The Hall–Kier alpha value is 0.190. The van der Waals surface area contributed by atoms with Crippen molar-refractivity contribution in [2.75, 3.05) is 6.61 Å². The molecule has 12 heavy (non-hydrogen) atoms. The van der Waals surface area contributed by atoms with Gasteiger partial charge in [-0.05, 0) is 12.3 Å². The normalized spacial score (nSPS) is 14.2. The van der Waals surface area contributed by atoms with Crippen LogP contribution in [0.3, 0.4) is 0 Å². The van der Waals surface area contributed by atoms with Crippen LogP contribution in [0.5, 0.6) is 0 Å². The molecule has 0 aliphatic rings. The van der Waals surface area contributed by atoms with E-state index in [1.807, 2.05) is 0 Å². The molecule has 0 aromatic heterocycles. The third-order valence-corrected chi connectivity index (χ3v) is 2.52. The zero-order valence-electron chi connectivity index (χ0n) is 8.21. The highest BCUT2D eigenvalue weighted by atomic mass is 31.1. The van der Waals surface area contributed by atoms with Crippen molar-refractivity contribution in [2.45, 2.75) is 46.0 Å². The molecule has 0 aromatic rings. The average Bonchev–Trinajstić information content (AvgIpc) is 2.11. The van der Waals surface area contributed by atoms with Gasteiger partial charge < -0.3 is 4.52 Å². The van der Waals surface area contributed by atoms with Crippen molar-refractivity contribution < 1.29 is 9.09 Å². The summed E-state index contributed by atoms with van der Waals surface area (Å²) in [7, 11) is -1.00. The lowest BCUT2D eigenvalue weighted by molar-refractivity contribution is 0.251. The zero-order valence-corrected chi connectivity index (χ0v) is 9.37. The average molecular weight is 192 g/mol. The molecule has 2 atom stereocenters. The van der Waals surface area contributed by atoms with Gasteiger partial charge in [0.2, 0.25) is 0 Å². The summed E-state index contributed by atoms with van der Waals surface area (Å²) in [5.41, 5.74) is 0. The van der Waals surface area contributed by atoms with Gasteiger partial charge in [0.25, 0.3) is 0 Å². The van der Waals surface area contributed by atoms with E-state index in [2.05, 4.69) is 13.8 Å². The minimum absolute atomic E-state index is 0.623. The highest BCUT2D eigenvalue weighted by Gasteiger charge is 2.04. The van der Waals surface area contributed by atoms with Gasteiger partial charge in [-0.15, -0.1) is 0 Å². The molecular weight excluding hydrogens is 171 g/mol. The standard InChI is InChI=1S/C9H21O2P/c1-3-5-6-7-9(4-2)8-11-12-10/h9H,3-8,12H2,1-2H3. The lowest BCUT2D eigenvalue weighted by atomic mass is 10.00. The van der Waals surface area contributed by atoms with Crippen LogP contribution in [-0.4, -0.2) is 6.61 Å². The molecule has 0 rings (SSSR count). The Balaban J connectivity index is 3.32. The van der Waals surface area contributed by atoms with Crippen LogP contribution >= 0.6 is 8.69 Å². The molecule has 0 radical (unpaired) electrons. The third kappa shape index (κ3) is 6.87. The summed E-state index contributed by atoms with van der Waals surface area (Å²) in [5.74, 6) is 0.623. The molecule has 0 saturated heterocycles. The van der Waals surface area contributed by atoms with Crippen molar-refractivity contribution in [1.29, 1.82) is 0 Å². The molecule has 0 aliphatic carbocycles.